The predicted molar refractivity (Wildman–Crippen MR) is 61.8 cm³/mol. The van der Waals surface area contributed by atoms with Gasteiger partial charge >= 0.3 is 0 Å². The van der Waals surface area contributed by atoms with Crippen molar-refractivity contribution < 1.29 is 4.39 Å². The lowest BCUT2D eigenvalue weighted by molar-refractivity contribution is 0.628. The summed E-state index contributed by atoms with van der Waals surface area (Å²) in [5, 5.41) is 10.0. The van der Waals surface area contributed by atoms with E-state index in [1.165, 1.54) is 6.07 Å². The van der Waals surface area contributed by atoms with Crippen LogP contribution < -0.4 is 5.32 Å². The van der Waals surface area contributed by atoms with Gasteiger partial charge in [-0.25, -0.2) is 4.39 Å². The Bertz CT molecular complexity index is 496. The largest absolute Gasteiger partial charge is 0.314 e. The summed E-state index contributed by atoms with van der Waals surface area (Å²) in [5.74, 6) is -0.413. The molecule has 2 aromatic rings. The summed E-state index contributed by atoms with van der Waals surface area (Å²) >= 11 is 5.74. The number of aromatic nitrogens is 2. The van der Waals surface area contributed by atoms with Crippen molar-refractivity contribution in [2.45, 2.75) is 6.54 Å². The molecule has 0 saturated heterocycles. The number of halogens is 2. The smallest absolute Gasteiger partial charge is 0.141 e. The molecule has 0 amide bonds. The summed E-state index contributed by atoms with van der Waals surface area (Å²) < 4.78 is 13.0. The Kier molecular flexibility index (Phi) is 3.22. The van der Waals surface area contributed by atoms with Crippen molar-refractivity contribution in [2.24, 2.45) is 0 Å². The summed E-state index contributed by atoms with van der Waals surface area (Å²) in [6.07, 6.45) is 1.70. The highest BCUT2D eigenvalue weighted by molar-refractivity contribution is 6.31. The fraction of sp³-hybridized carbons (Fsp3) is 0.182. The maximum Gasteiger partial charge on any atom is 0.141 e. The highest BCUT2D eigenvalue weighted by atomic mass is 35.5. The zero-order valence-electron chi connectivity index (χ0n) is 8.72. The van der Waals surface area contributed by atoms with Gasteiger partial charge in [-0.2, -0.15) is 5.10 Å². The lowest BCUT2D eigenvalue weighted by Crippen LogP contribution is -2.06. The van der Waals surface area contributed by atoms with Crippen molar-refractivity contribution in [3.63, 3.8) is 0 Å². The van der Waals surface area contributed by atoms with Gasteiger partial charge in [0.25, 0.3) is 0 Å². The lowest BCUT2D eigenvalue weighted by Gasteiger charge is -2.03. The molecule has 84 valence electrons. The van der Waals surface area contributed by atoms with Crippen molar-refractivity contribution in [1.29, 1.82) is 0 Å². The van der Waals surface area contributed by atoms with E-state index in [0.717, 1.165) is 16.8 Å². The third-order valence-corrected chi connectivity index (χ3v) is 2.59. The van der Waals surface area contributed by atoms with Crippen LogP contribution in [0.25, 0.3) is 11.1 Å². The maximum absolute atomic E-state index is 13.0. The average Bonchev–Trinajstić information content (AvgIpc) is 2.71. The van der Waals surface area contributed by atoms with Crippen LogP contribution in [-0.4, -0.2) is 17.2 Å². The molecule has 0 bridgehead atoms. The van der Waals surface area contributed by atoms with Crippen molar-refractivity contribution in [1.82, 2.24) is 15.5 Å². The van der Waals surface area contributed by atoms with Crippen LogP contribution in [-0.2, 0) is 6.54 Å². The maximum atomic E-state index is 13.0. The number of rotatable bonds is 3. The molecule has 0 aliphatic carbocycles. The van der Waals surface area contributed by atoms with E-state index in [2.05, 4.69) is 15.5 Å². The SMILES string of the molecule is CNCc1[nH]ncc1-c1ccc(F)c(Cl)c1. The first kappa shape index (κ1) is 11.1. The minimum atomic E-state index is -0.413. The third-order valence-electron chi connectivity index (χ3n) is 2.30. The Labute approximate surface area is 97.6 Å². The van der Waals surface area contributed by atoms with Crippen molar-refractivity contribution in [2.75, 3.05) is 7.05 Å². The second-order valence-electron chi connectivity index (χ2n) is 3.42. The Morgan fingerprint density at radius 1 is 1.50 bits per heavy atom. The molecule has 0 unspecified atom stereocenters. The van der Waals surface area contributed by atoms with E-state index in [-0.39, 0.29) is 5.02 Å². The monoisotopic (exact) mass is 239 g/mol. The van der Waals surface area contributed by atoms with Gasteiger partial charge in [-0.15, -0.1) is 0 Å². The van der Waals surface area contributed by atoms with Crippen LogP contribution in [0.3, 0.4) is 0 Å². The Morgan fingerprint density at radius 2 is 2.31 bits per heavy atom. The number of aromatic amines is 1. The number of nitrogens with one attached hydrogen (secondary N) is 2. The van der Waals surface area contributed by atoms with E-state index in [1.807, 2.05) is 7.05 Å². The summed E-state index contributed by atoms with van der Waals surface area (Å²) in [4.78, 5) is 0. The van der Waals surface area contributed by atoms with E-state index >= 15 is 0 Å². The number of H-pyrrole nitrogens is 1. The standard InChI is InChI=1S/C11H11ClFN3/c1-14-6-11-8(5-15-16-11)7-2-3-10(13)9(12)4-7/h2-5,14H,6H2,1H3,(H,15,16). The van der Waals surface area contributed by atoms with E-state index in [4.69, 9.17) is 11.6 Å². The highest BCUT2D eigenvalue weighted by Crippen LogP contribution is 2.26. The van der Waals surface area contributed by atoms with Crippen LogP contribution in [0.2, 0.25) is 5.02 Å². The van der Waals surface area contributed by atoms with Crippen LogP contribution >= 0.6 is 11.6 Å². The molecular weight excluding hydrogens is 229 g/mol. The lowest BCUT2D eigenvalue weighted by atomic mass is 10.1. The summed E-state index contributed by atoms with van der Waals surface area (Å²) in [5.41, 5.74) is 2.73. The molecule has 0 atom stereocenters. The molecule has 2 rings (SSSR count). The Morgan fingerprint density at radius 3 is 3.00 bits per heavy atom. The first-order valence-corrected chi connectivity index (χ1v) is 5.22. The van der Waals surface area contributed by atoms with Crippen LogP contribution in [0.4, 0.5) is 4.39 Å². The van der Waals surface area contributed by atoms with Crippen LogP contribution in [0.5, 0.6) is 0 Å². The van der Waals surface area contributed by atoms with Crippen molar-refractivity contribution in [3.8, 4) is 11.1 Å². The Hall–Kier alpha value is -1.39. The van der Waals surface area contributed by atoms with E-state index in [9.17, 15) is 4.39 Å². The molecule has 0 fully saturated rings. The number of hydrogen-bond acceptors (Lipinski definition) is 2. The zero-order chi connectivity index (χ0) is 11.5. The van der Waals surface area contributed by atoms with Gasteiger partial charge in [0.1, 0.15) is 5.82 Å². The molecule has 0 aliphatic rings. The normalized spacial score (nSPS) is 10.7. The van der Waals surface area contributed by atoms with Gasteiger partial charge in [-0.05, 0) is 24.7 Å². The summed E-state index contributed by atoms with van der Waals surface area (Å²) in [7, 11) is 1.85. The molecule has 2 N–H and O–H groups in total. The molecule has 5 heteroatoms. The molecular formula is C11H11ClFN3. The summed E-state index contributed by atoms with van der Waals surface area (Å²) in [6, 6.07) is 4.64. The van der Waals surface area contributed by atoms with E-state index < -0.39 is 5.82 Å². The van der Waals surface area contributed by atoms with Crippen LogP contribution in [0.1, 0.15) is 5.69 Å². The quantitative estimate of drug-likeness (QED) is 0.865. The first-order valence-electron chi connectivity index (χ1n) is 4.84. The number of hydrogen-bond donors (Lipinski definition) is 2. The summed E-state index contributed by atoms with van der Waals surface area (Å²) in [6.45, 7) is 0.671. The highest BCUT2D eigenvalue weighted by Gasteiger charge is 2.08. The second-order valence-corrected chi connectivity index (χ2v) is 3.83. The van der Waals surface area contributed by atoms with E-state index in [1.54, 1.807) is 18.3 Å². The molecule has 3 nitrogen and oxygen atoms in total. The van der Waals surface area contributed by atoms with Crippen LogP contribution in [0.15, 0.2) is 24.4 Å². The van der Waals surface area contributed by atoms with Crippen molar-refractivity contribution >= 4 is 11.6 Å². The minimum Gasteiger partial charge on any atom is -0.314 e. The third kappa shape index (κ3) is 2.08. The minimum absolute atomic E-state index is 0.120. The second kappa shape index (κ2) is 4.63. The average molecular weight is 240 g/mol. The molecule has 0 aliphatic heterocycles. The van der Waals surface area contributed by atoms with Gasteiger partial charge in [0.05, 0.1) is 16.9 Å². The fourth-order valence-electron chi connectivity index (χ4n) is 1.54. The van der Waals surface area contributed by atoms with Gasteiger partial charge in [-0.3, -0.25) is 5.10 Å². The predicted octanol–water partition coefficient (Wildman–Crippen LogP) is 2.59. The topological polar surface area (TPSA) is 40.7 Å². The zero-order valence-corrected chi connectivity index (χ0v) is 9.48. The van der Waals surface area contributed by atoms with Gasteiger partial charge in [0.2, 0.25) is 0 Å². The van der Waals surface area contributed by atoms with Gasteiger partial charge < -0.3 is 5.32 Å². The molecule has 1 heterocycles. The number of benzene rings is 1. The van der Waals surface area contributed by atoms with Crippen LogP contribution in [0, 0.1) is 5.82 Å². The molecule has 1 aromatic carbocycles. The number of nitrogens with zero attached hydrogens (tertiary/aromatic N) is 1. The Balaban J connectivity index is 2.42. The van der Waals surface area contributed by atoms with Gasteiger partial charge in [0, 0.05) is 12.1 Å². The van der Waals surface area contributed by atoms with Gasteiger partial charge in [0.15, 0.2) is 0 Å². The van der Waals surface area contributed by atoms with E-state index in [0.29, 0.717) is 6.54 Å². The molecule has 16 heavy (non-hydrogen) atoms. The molecule has 0 radical (unpaired) electrons. The fourth-order valence-corrected chi connectivity index (χ4v) is 1.72. The molecule has 1 aromatic heterocycles. The molecule has 0 saturated carbocycles. The van der Waals surface area contributed by atoms with Gasteiger partial charge in [-0.1, -0.05) is 17.7 Å². The van der Waals surface area contributed by atoms with Crippen molar-refractivity contribution in [3.05, 3.63) is 40.9 Å². The molecule has 0 spiro atoms. The first-order chi connectivity index (χ1) is 7.72.